The molecule has 0 fully saturated rings. The molecular formula is C20H21Cl2N3. The first-order valence-corrected chi connectivity index (χ1v) is 9.49. The van der Waals surface area contributed by atoms with Gasteiger partial charge < -0.3 is 5.32 Å². The molecule has 1 aliphatic carbocycles. The van der Waals surface area contributed by atoms with E-state index in [9.17, 15) is 0 Å². The average molecular weight is 374 g/mol. The Bertz CT molecular complexity index is 803. The Hall–Kier alpha value is -1.55. The zero-order chi connectivity index (χ0) is 17.2. The number of benzene rings is 1. The number of allylic oxidation sites excluding steroid dienone is 1. The summed E-state index contributed by atoms with van der Waals surface area (Å²) >= 11 is 12.6. The molecule has 2 aromatic rings. The Balaban J connectivity index is 1.38. The van der Waals surface area contributed by atoms with Crippen LogP contribution < -0.4 is 5.32 Å². The van der Waals surface area contributed by atoms with Gasteiger partial charge in [-0.2, -0.15) is 0 Å². The third-order valence-corrected chi connectivity index (χ3v) is 5.85. The summed E-state index contributed by atoms with van der Waals surface area (Å²) in [5.74, 6) is 0. The maximum Gasteiger partial charge on any atom is 0.0604 e. The highest BCUT2D eigenvalue weighted by Crippen LogP contribution is 2.32. The molecule has 25 heavy (non-hydrogen) atoms. The lowest BCUT2D eigenvalue weighted by Gasteiger charge is -2.31. The molecule has 1 aliphatic heterocycles. The Labute approximate surface area is 158 Å². The van der Waals surface area contributed by atoms with Gasteiger partial charge in [-0.25, -0.2) is 0 Å². The SMILES string of the molecule is Clc1ccccc1CNC1=CCCC(N2Cc3nccc(Cl)c3C2)C1. The molecule has 0 saturated carbocycles. The zero-order valence-corrected chi connectivity index (χ0v) is 15.5. The third kappa shape index (κ3) is 3.69. The van der Waals surface area contributed by atoms with Crippen LogP contribution in [0.3, 0.4) is 0 Å². The number of fused-ring (bicyclic) bond motifs is 1. The Morgan fingerprint density at radius 3 is 2.84 bits per heavy atom. The summed E-state index contributed by atoms with van der Waals surface area (Å²) in [5.41, 5.74) is 4.78. The van der Waals surface area contributed by atoms with Crippen molar-refractivity contribution in [3.05, 3.63) is 75.2 Å². The second-order valence-electron chi connectivity index (χ2n) is 6.73. The molecule has 1 aromatic heterocycles. The Kier molecular flexibility index (Phi) is 4.98. The van der Waals surface area contributed by atoms with Crippen molar-refractivity contribution in [2.24, 2.45) is 0 Å². The molecule has 5 heteroatoms. The first-order chi connectivity index (χ1) is 12.2. The van der Waals surface area contributed by atoms with Gasteiger partial charge in [0.15, 0.2) is 0 Å². The lowest BCUT2D eigenvalue weighted by molar-refractivity contribution is 0.180. The topological polar surface area (TPSA) is 28.2 Å². The Morgan fingerprint density at radius 1 is 1.12 bits per heavy atom. The van der Waals surface area contributed by atoms with Crippen molar-refractivity contribution in [3.63, 3.8) is 0 Å². The molecule has 0 radical (unpaired) electrons. The largest absolute Gasteiger partial charge is 0.384 e. The number of hydrogen-bond acceptors (Lipinski definition) is 3. The second kappa shape index (κ2) is 7.36. The predicted octanol–water partition coefficient (Wildman–Crippen LogP) is 4.93. The van der Waals surface area contributed by atoms with Gasteiger partial charge in [0.2, 0.25) is 0 Å². The molecule has 4 rings (SSSR count). The standard InChI is InChI=1S/C20H21Cl2N3/c21-18-7-2-1-4-14(18)11-24-15-5-3-6-16(10-15)25-12-17-19(22)8-9-23-20(17)13-25/h1-2,4-5,7-9,16,24H,3,6,10-13H2. The first-order valence-electron chi connectivity index (χ1n) is 8.73. The lowest BCUT2D eigenvalue weighted by Crippen LogP contribution is -2.34. The summed E-state index contributed by atoms with van der Waals surface area (Å²) in [5, 5.41) is 5.23. The van der Waals surface area contributed by atoms with Gasteiger partial charge in [-0.05, 0) is 30.5 Å². The van der Waals surface area contributed by atoms with E-state index in [-0.39, 0.29) is 0 Å². The fourth-order valence-corrected chi connectivity index (χ4v) is 4.15. The number of halogens is 2. The van der Waals surface area contributed by atoms with E-state index < -0.39 is 0 Å². The molecule has 0 amide bonds. The van der Waals surface area contributed by atoms with Crippen molar-refractivity contribution >= 4 is 23.2 Å². The zero-order valence-electron chi connectivity index (χ0n) is 14.0. The molecule has 0 bridgehead atoms. The maximum absolute atomic E-state index is 6.33. The van der Waals surface area contributed by atoms with Crippen LogP contribution in [0.4, 0.5) is 0 Å². The normalized spacial score (nSPS) is 20.2. The van der Waals surface area contributed by atoms with Crippen LogP contribution in [0.5, 0.6) is 0 Å². The molecular weight excluding hydrogens is 353 g/mol. The van der Waals surface area contributed by atoms with E-state index in [1.165, 1.54) is 17.7 Å². The third-order valence-electron chi connectivity index (χ3n) is 5.13. The Morgan fingerprint density at radius 2 is 2.00 bits per heavy atom. The highest BCUT2D eigenvalue weighted by atomic mass is 35.5. The number of pyridine rings is 1. The molecule has 130 valence electrons. The molecule has 0 saturated heterocycles. The molecule has 1 unspecified atom stereocenters. The van der Waals surface area contributed by atoms with E-state index in [1.807, 2.05) is 30.5 Å². The van der Waals surface area contributed by atoms with Crippen molar-refractivity contribution in [1.29, 1.82) is 0 Å². The van der Waals surface area contributed by atoms with Gasteiger partial charge >= 0.3 is 0 Å². The van der Waals surface area contributed by atoms with Crippen LogP contribution in [0.1, 0.15) is 36.1 Å². The van der Waals surface area contributed by atoms with Crippen molar-refractivity contribution < 1.29 is 0 Å². The van der Waals surface area contributed by atoms with Crippen LogP contribution in [0, 0.1) is 0 Å². The second-order valence-corrected chi connectivity index (χ2v) is 7.55. The fraction of sp³-hybridized carbons (Fsp3) is 0.350. The van der Waals surface area contributed by atoms with Crippen molar-refractivity contribution in [3.8, 4) is 0 Å². The quantitative estimate of drug-likeness (QED) is 0.823. The summed E-state index contributed by atoms with van der Waals surface area (Å²) in [6.07, 6.45) is 7.45. The number of rotatable bonds is 4. The molecule has 1 N–H and O–H groups in total. The van der Waals surface area contributed by atoms with E-state index >= 15 is 0 Å². The van der Waals surface area contributed by atoms with E-state index in [4.69, 9.17) is 23.2 Å². The predicted molar refractivity (Wildman–Crippen MR) is 103 cm³/mol. The first kappa shape index (κ1) is 16.9. The van der Waals surface area contributed by atoms with Crippen LogP contribution in [-0.4, -0.2) is 15.9 Å². The molecule has 1 atom stereocenters. The van der Waals surface area contributed by atoms with Gasteiger partial charge in [0.05, 0.1) is 5.69 Å². The highest BCUT2D eigenvalue weighted by Gasteiger charge is 2.29. The maximum atomic E-state index is 6.33. The summed E-state index contributed by atoms with van der Waals surface area (Å²) in [6, 6.07) is 10.4. The monoisotopic (exact) mass is 373 g/mol. The van der Waals surface area contributed by atoms with Crippen molar-refractivity contribution in [1.82, 2.24) is 15.2 Å². The number of aromatic nitrogens is 1. The number of hydrogen-bond donors (Lipinski definition) is 1. The van der Waals surface area contributed by atoms with Crippen LogP contribution >= 0.6 is 23.2 Å². The van der Waals surface area contributed by atoms with Crippen molar-refractivity contribution in [2.75, 3.05) is 0 Å². The van der Waals surface area contributed by atoms with Gasteiger partial charge in [-0.3, -0.25) is 9.88 Å². The van der Waals surface area contributed by atoms with Gasteiger partial charge in [0, 0.05) is 59.6 Å². The summed E-state index contributed by atoms with van der Waals surface area (Å²) < 4.78 is 0. The molecule has 2 heterocycles. The highest BCUT2D eigenvalue weighted by molar-refractivity contribution is 6.31. The summed E-state index contributed by atoms with van der Waals surface area (Å²) in [7, 11) is 0. The number of nitrogens with one attached hydrogen (secondary N) is 1. The van der Waals surface area contributed by atoms with E-state index in [2.05, 4.69) is 27.3 Å². The van der Waals surface area contributed by atoms with Crippen LogP contribution in [-0.2, 0) is 19.6 Å². The van der Waals surface area contributed by atoms with Crippen LogP contribution in [0.15, 0.2) is 48.3 Å². The van der Waals surface area contributed by atoms with Gasteiger partial charge in [-0.15, -0.1) is 0 Å². The minimum atomic E-state index is 0.531. The van der Waals surface area contributed by atoms with Gasteiger partial charge in [0.25, 0.3) is 0 Å². The average Bonchev–Trinajstić information content (AvgIpc) is 3.07. The minimum Gasteiger partial charge on any atom is -0.384 e. The van der Waals surface area contributed by atoms with Crippen LogP contribution in [0.25, 0.3) is 0 Å². The molecule has 2 aliphatic rings. The minimum absolute atomic E-state index is 0.531. The van der Waals surface area contributed by atoms with Gasteiger partial charge in [-0.1, -0.05) is 47.5 Å². The number of nitrogens with zero attached hydrogens (tertiary/aromatic N) is 2. The molecule has 0 spiro atoms. The molecule has 3 nitrogen and oxygen atoms in total. The van der Waals surface area contributed by atoms with E-state index in [0.29, 0.717) is 6.04 Å². The fourth-order valence-electron chi connectivity index (χ4n) is 3.72. The summed E-state index contributed by atoms with van der Waals surface area (Å²) in [4.78, 5) is 7.01. The lowest BCUT2D eigenvalue weighted by atomic mass is 9.97. The summed E-state index contributed by atoms with van der Waals surface area (Å²) in [6.45, 7) is 2.58. The van der Waals surface area contributed by atoms with Crippen LogP contribution in [0.2, 0.25) is 10.0 Å². The molecule has 1 aromatic carbocycles. The van der Waals surface area contributed by atoms with Gasteiger partial charge in [0.1, 0.15) is 0 Å². The van der Waals surface area contributed by atoms with Crippen molar-refractivity contribution in [2.45, 2.75) is 44.9 Å². The smallest absolute Gasteiger partial charge is 0.0604 e. The van der Waals surface area contributed by atoms with E-state index in [1.54, 1.807) is 0 Å². The van der Waals surface area contributed by atoms with E-state index in [0.717, 1.165) is 53.8 Å².